The average molecular weight is 260 g/mol. The fourth-order valence-corrected chi connectivity index (χ4v) is 4.02. The maximum absolute atomic E-state index is 11.2. The second kappa shape index (κ2) is 5.67. The van der Waals surface area contributed by atoms with Crippen LogP contribution in [0.5, 0.6) is 0 Å². The van der Waals surface area contributed by atoms with Crippen LogP contribution in [-0.4, -0.2) is 38.2 Å². The van der Waals surface area contributed by atoms with Crippen molar-refractivity contribution in [2.24, 2.45) is 11.1 Å². The molecule has 100 valence electrons. The molecule has 4 nitrogen and oxygen atoms in total. The Morgan fingerprint density at radius 1 is 1.18 bits per heavy atom. The summed E-state index contributed by atoms with van der Waals surface area (Å²) in [5.74, 6) is 0.937. The first-order valence-corrected chi connectivity index (χ1v) is 8.40. The summed E-state index contributed by atoms with van der Waals surface area (Å²) in [7, 11) is -3.32. The molecule has 1 heterocycles. The van der Waals surface area contributed by atoms with Crippen LogP contribution in [0.4, 0.5) is 0 Å². The summed E-state index contributed by atoms with van der Waals surface area (Å²) >= 11 is 0. The Bertz CT molecular complexity index is 336. The van der Waals surface area contributed by atoms with Gasteiger partial charge in [-0.05, 0) is 38.3 Å². The van der Waals surface area contributed by atoms with E-state index >= 15 is 0 Å². The highest BCUT2D eigenvalue weighted by molar-refractivity contribution is 7.89. The lowest BCUT2D eigenvalue weighted by atomic mass is 10.0. The average Bonchev–Trinajstić information content (AvgIpc) is 2.86. The monoisotopic (exact) mass is 260 g/mol. The number of sulfonamides is 1. The fourth-order valence-electron chi connectivity index (χ4n) is 3.17. The lowest BCUT2D eigenvalue weighted by molar-refractivity contribution is 0.315. The minimum absolute atomic E-state index is 0.325. The Morgan fingerprint density at radius 3 is 2.47 bits per heavy atom. The molecule has 0 aromatic heterocycles. The van der Waals surface area contributed by atoms with Crippen LogP contribution in [0.15, 0.2) is 0 Å². The number of primary sulfonamides is 1. The second-order valence-corrected chi connectivity index (χ2v) is 7.44. The van der Waals surface area contributed by atoms with Crippen molar-refractivity contribution in [3.63, 3.8) is 0 Å². The van der Waals surface area contributed by atoms with Crippen molar-refractivity contribution in [2.75, 3.05) is 19.6 Å². The standard InChI is InChI=1S/C12H24N2O2S/c13-17(15,16)12-7-9-14(10-12)8-3-6-11-4-1-2-5-11/h11-12H,1-10H2,(H2,13,15,16)/t12-/m1/s1. The molecule has 0 amide bonds. The molecule has 2 aliphatic rings. The van der Waals surface area contributed by atoms with Gasteiger partial charge in [-0.15, -0.1) is 0 Å². The Hall–Kier alpha value is -0.130. The predicted molar refractivity (Wildman–Crippen MR) is 69.1 cm³/mol. The SMILES string of the molecule is NS(=O)(=O)[C@@H]1CCN(CCCC2CCCC2)C1. The molecule has 1 aliphatic carbocycles. The van der Waals surface area contributed by atoms with E-state index in [0.717, 1.165) is 19.0 Å². The van der Waals surface area contributed by atoms with Gasteiger partial charge in [0.15, 0.2) is 0 Å². The molecule has 0 spiro atoms. The van der Waals surface area contributed by atoms with E-state index in [9.17, 15) is 8.42 Å². The molecule has 0 aromatic carbocycles. The van der Waals surface area contributed by atoms with Gasteiger partial charge in [0.2, 0.25) is 10.0 Å². The first-order chi connectivity index (χ1) is 8.05. The molecule has 0 unspecified atom stereocenters. The van der Waals surface area contributed by atoms with E-state index in [1.807, 2.05) is 0 Å². The zero-order valence-electron chi connectivity index (χ0n) is 10.5. The van der Waals surface area contributed by atoms with Crippen molar-refractivity contribution in [3.05, 3.63) is 0 Å². The van der Waals surface area contributed by atoms with Gasteiger partial charge in [0.1, 0.15) is 0 Å². The van der Waals surface area contributed by atoms with Crippen LogP contribution in [-0.2, 0) is 10.0 Å². The minimum atomic E-state index is -3.32. The van der Waals surface area contributed by atoms with Crippen LogP contribution >= 0.6 is 0 Å². The lowest BCUT2D eigenvalue weighted by Crippen LogP contribution is -2.32. The number of likely N-dealkylation sites (tertiary alicyclic amines) is 1. The van der Waals surface area contributed by atoms with Crippen molar-refractivity contribution >= 4 is 10.0 Å². The molecular formula is C12H24N2O2S. The van der Waals surface area contributed by atoms with Gasteiger partial charge in [-0.1, -0.05) is 25.7 Å². The van der Waals surface area contributed by atoms with Crippen molar-refractivity contribution in [3.8, 4) is 0 Å². The van der Waals surface area contributed by atoms with E-state index in [-0.39, 0.29) is 5.25 Å². The molecule has 1 saturated carbocycles. The summed E-state index contributed by atoms with van der Waals surface area (Å²) in [4.78, 5) is 2.25. The highest BCUT2D eigenvalue weighted by Gasteiger charge is 2.30. The molecule has 1 saturated heterocycles. The largest absolute Gasteiger partial charge is 0.302 e. The third-order valence-electron chi connectivity index (χ3n) is 4.26. The van der Waals surface area contributed by atoms with Gasteiger partial charge >= 0.3 is 0 Å². The van der Waals surface area contributed by atoms with Crippen molar-refractivity contribution in [1.29, 1.82) is 0 Å². The minimum Gasteiger partial charge on any atom is -0.302 e. The summed E-state index contributed by atoms with van der Waals surface area (Å²) in [6.07, 6.45) is 8.85. The summed E-state index contributed by atoms with van der Waals surface area (Å²) in [5.41, 5.74) is 0. The highest BCUT2D eigenvalue weighted by Crippen LogP contribution is 2.28. The van der Waals surface area contributed by atoms with Crippen molar-refractivity contribution < 1.29 is 8.42 Å². The zero-order chi connectivity index (χ0) is 12.3. The second-order valence-electron chi connectivity index (χ2n) is 5.59. The van der Waals surface area contributed by atoms with E-state index in [1.165, 1.54) is 38.5 Å². The quantitative estimate of drug-likeness (QED) is 0.811. The Balaban J connectivity index is 1.64. The summed E-state index contributed by atoms with van der Waals surface area (Å²) in [6, 6.07) is 0. The molecule has 5 heteroatoms. The Kier molecular flexibility index (Phi) is 4.44. The number of nitrogens with zero attached hydrogens (tertiary/aromatic N) is 1. The van der Waals surface area contributed by atoms with Crippen LogP contribution in [0, 0.1) is 5.92 Å². The van der Waals surface area contributed by atoms with Crippen molar-refractivity contribution in [2.45, 2.75) is 50.2 Å². The summed E-state index contributed by atoms with van der Waals surface area (Å²) < 4.78 is 22.4. The fraction of sp³-hybridized carbons (Fsp3) is 1.00. The van der Waals surface area contributed by atoms with E-state index in [1.54, 1.807) is 0 Å². The molecule has 17 heavy (non-hydrogen) atoms. The topological polar surface area (TPSA) is 63.4 Å². The maximum atomic E-state index is 11.2. The summed E-state index contributed by atoms with van der Waals surface area (Å²) in [6.45, 7) is 2.58. The maximum Gasteiger partial charge on any atom is 0.213 e. The molecule has 2 N–H and O–H groups in total. The van der Waals surface area contributed by atoms with Crippen LogP contribution < -0.4 is 5.14 Å². The van der Waals surface area contributed by atoms with Gasteiger partial charge in [-0.2, -0.15) is 0 Å². The molecule has 2 rings (SSSR count). The van der Waals surface area contributed by atoms with Crippen LogP contribution in [0.1, 0.15) is 44.9 Å². The van der Waals surface area contributed by atoms with Gasteiger partial charge in [-0.25, -0.2) is 13.6 Å². The summed E-state index contributed by atoms with van der Waals surface area (Å²) in [5, 5.41) is 4.85. The number of nitrogens with two attached hydrogens (primary N) is 1. The molecule has 0 aromatic rings. The van der Waals surface area contributed by atoms with Gasteiger partial charge in [0.05, 0.1) is 5.25 Å². The van der Waals surface area contributed by atoms with E-state index in [2.05, 4.69) is 4.90 Å². The molecule has 2 fully saturated rings. The van der Waals surface area contributed by atoms with Crippen molar-refractivity contribution in [1.82, 2.24) is 4.90 Å². The number of hydrogen-bond donors (Lipinski definition) is 1. The van der Waals surface area contributed by atoms with E-state index in [4.69, 9.17) is 5.14 Å². The number of hydrogen-bond acceptors (Lipinski definition) is 3. The molecule has 0 bridgehead atoms. The first-order valence-electron chi connectivity index (χ1n) is 6.79. The number of rotatable bonds is 5. The highest BCUT2D eigenvalue weighted by atomic mass is 32.2. The molecular weight excluding hydrogens is 236 g/mol. The Morgan fingerprint density at radius 2 is 1.88 bits per heavy atom. The smallest absolute Gasteiger partial charge is 0.213 e. The predicted octanol–water partition coefficient (Wildman–Crippen LogP) is 1.32. The molecule has 1 atom stereocenters. The van der Waals surface area contributed by atoms with Gasteiger partial charge in [0.25, 0.3) is 0 Å². The first kappa shape index (κ1) is 13.3. The van der Waals surface area contributed by atoms with Gasteiger partial charge in [-0.3, -0.25) is 0 Å². The van der Waals surface area contributed by atoms with Crippen LogP contribution in [0.25, 0.3) is 0 Å². The third kappa shape index (κ3) is 3.93. The van der Waals surface area contributed by atoms with Crippen LogP contribution in [0.2, 0.25) is 0 Å². The molecule has 1 aliphatic heterocycles. The van der Waals surface area contributed by atoms with Crippen LogP contribution in [0.3, 0.4) is 0 Å². The van der Waals surface area contributed by atoms with E-state index < -0.39 is 10.0 Å². The Labute approximate surface area is 105 Å². The zero-order valence-corrected chi connectivity index (χ0v) is 11.3. The van der Waals surface area contributed by atoms with Gasteiger partial charge in [0, 0.05) is 6.54 Å². The lowest BCUT2D eigenvalue weighted by Gasteiger charge is -2.16. The molecule has 0 radical (unpaired) electrons. The van der Waals surface area contributed by atoms with E-state index in [0.29, 0.717) is 13.0 Å². The normalized spacial score (nSPS) is 27.9. The van der Waals surface area contributed by atoms with Gasteiger partial charge < -0.3 is 4.90 Å². The third-order valence-corrected chi connectivity index (χ3v) is 5.57.